The summed E-state index contributed by atoms with van der Waals surface area (Å²) in [5.74, 6) is 1.44. The fourth-order valence-electron chi connectivity index (χ4n) is 2.58. The molecule has 0 aliphatic rings. The fraction of sp³-hybridized carbons (Fsp3) is 0.364. The first-order valence-corrected chi connectivity index (χ1v) is 9.62. The van der Waals surface area contributed by atoms with E-state index >= 15 is 0 Å². The summed E-state index contributed by atoms with van der Waals surface area (Å²) in [6.07, 6.45) is 3.58. The van der Waals surface area contributed by atoms with Crippen molar-refractivity contribution in [2.24, 2.45) is 0 Å². The monoisotopic (exact) mass is 402 g/mol. The average Bonchev–Trinajstić information content (AvgIpc) is 2.73. The molecule has 7 heteroatoms. The number of aldehydes is 2. The first-order chi connectivity index (χ1) is 14.2. The predicted molar refractivity (Wildman–Crippen MR) is 106 cm³/mol. The SMILES string of the molecule is CCCOc1c(CC=O)cccc1OOOc1cccc(CC=O)c1OCCC. The Hall–Kier alpha value is -3.06. The minimum absolute atomic E-state index is 0.194. The Balaban J connectivity index is 2.15. The summed E-state index contributed by atoms with van der Waals surface area (Å²) in [7, 11) is 0. The molecule has 0 fully saturated rings. The number of benzene rings is 2. The van der Waals surface area contributed by atoms with Crippen LogP contribution in [0.2, 0.25) is 0 Å². The van der Waals surface area contributed by atoms with Crippen molar-refractivity contribution in [3.63, 3.8) is 0 Å². The van der Waals surface area contributed by atoms with Crippen LogP contribution in [0.3, 0.4) is 0 Å². The Kier molecular flexibility index (Phi) is 9.51. The zero-order chi connectivity index (χ0) is 20.9. The normalized spacial score (nSPS) is 10.3. The van der Waals surface area contributed by atoms with Crippen LogP contribution in [-0.2, 0) is 27.5 Å². The van der Waals surface area contributed by atoms with Crippen LogP contribution in [0.4, 0.5) is 0 Å². The van der Waals surface area contributed by atoms with Gasteiger partial charge in [0.15, 0.2) is 11.5 Å². The van der Waals surface area contributed by atoms with E-state index < -0.39 is 0 Å². The summed E-state index contributed by atoms with van der Waals surface area (Å²) in [5.41, 5.74) is 1.38. The third kappa shape index (κ3) is 6.50. The first kappa shape index (κ1) is 22.2. The maximum atomic E-state index is 10.9. The molecule has 2 aromatic rings. The van der Waals surface area contributed by atoms with Gasteiger partial charge in [0.2, 0.25) is 11.5 Å². The first-order valence-electron chi connectivity index (χ1n) is 9.62. The van der Waals surface area contributed by atoms with Crippen molar-refractivity contribution >= 4 is 12.6 Å². The molecular weight excluding hydrogens is 376 g/mol. The molecule has 0 atom stereocenters. The lowest BCUT2D eigenvalue weighted by atomic mass is 10.1. The highest BCUT2D eigenvalue weighted by molar-refractivity contribution is 5.60. The number of hydrogen-bond acceptors (Lipinski definition) is 7. The summed E-state index contributed by atoms with van der Waals surface area (Å²) in [5, 5.41) is 4.98. The van der Waals surface area contributed by atoms with Gasteiger partial charge in [-0.25, -0.2) is 0 Å². The number of para-hydroxylation sites is 2. The number of hydrogen-bond donors (Lipinski definition) is 0. The molecule has 0 bridgehead atoms. The minimum Gasteiger partial charge on any atom is -0.489 e. The molecule has 0 spiro atoms. The standard InChI is InChI=1S/C22H26O7/c1-3-15-25-21-17(11-13-23)7-5-9-19(21)27-29-28-20-10-6-8-18(12-14-24)22(20)26-16-4-2/h5-10,13-14H,3-4,11-12,15-16H2,1-2H3. The summed E-state index contributed by atoms with van der Waals surface area (Å²) < 4.78 is 11.4. The van der Waals surface area contributed by atoms with E-state index in [9.17, 15) is 9.59 Å². The molecule has 0 aliphatic heterocycles. The zero-order valence-corrected chi connectivity index (χ0v) is 16.7. The highest BCUT2D eigenvalue weighted by Gasteiger charge is 2.15. The molecule has 7 nitrogen and oxygen atoms in total. The average molecular weight is 402 g/mol. The summed E-state index contributed by atoms with van der Waals surface area (Å²) in [6.45, 7) is 4.89. The second-order valence-corrected chi connectivity index (χ2v) is 6.16. The number of rotatable bonds is 14. The third-order valence-corrected chi connectivity index (χ3v) is 3.88. The number of ether oxygens (including phenoxy) is 2. The van der Waals surface area contributed by atoms with E-state index in [-0.39, 0.29) is 24.3 Å². The highest BCUT2D eigenvalue weighted by atomic mass is 17.5. The summed E-state index contributed by atoms with van der Waals surface area (Å²) in [6, 6.07) is 10.3. The largest absolute Gasteiger partial charge is 0.489 e. The second-order valence-electron chi connectivity index (χ2n) is 6.16. The molecule has 0 N–H and O–H groups in total. The Labute approximate surface area is 170 Å². The van der Waals surface area contributed by atoms with Gasteiger partial charge in [-0.05, 0) is 25.0 Å². The molecule has 0 heterocycles. The van der Waals surface area contributed by atoms with Gasteiger partial charge in [0.25, 0.3) is 0 Å². The molecule has 0 saturated carbocycles. The van der Waals surface area contributed by atoms with Crippen molar-refractivity contribution in [3.05, 3.63) is 47.5 Å². The molecular formula is C22H26O7. The molecule has 0 saturated heterocycles. The van der Waals surface area contributed by atoms with E-state index in [4.69, 9.17) is 24.3 Å². The predicted octanol–water partition coefficient (Wildman–Crippen LogP) is 4.05. The van der Waals surface area contributed by atoms with Gasteiger partial charge in [-0.3, -0.25) is 9.78 Å². The van der Waals surface area contributed by atoms with Gasteiger partial charge < -0.3 is 19.1 Å². The van der Waals surface area contributed by atoms with E-state index in [2.05, 4.69) is 0 Å². The number of carbonyl (C=O) groups excluding carboxylic acids is 2. The van der Waals surface area contributed by atoms with Gasteiger partial charge >= 0.3 is 0 Å². The van der Waals surface area contributed by atoms with Crippen molar-refractivity contribution in [1.29, 1.82) is 0 Å². The van der Waals surface area contributed by atoms with Gasteiger partial charge in [-0.2, -0.15) is 0 Å². The number of carbonyl (C=O) groups is 2. The third-order valence-electron chi connectivity index (χ3n) is 3.88. The van der Waals surface area contributed by atoms with E-state index in [1.54, 1.807) is 36.4 Å². The molecule has 0 aliphatic carbocycles. The van der Waals surface area contributed by atoms with Crippen LogP contribution < -0.4 is 19.2 Å². The van der Waals surface area contributed by atoms with Gasteiger partial charge in [0.05, 0.1) is 13.2 Å². The smallest absolute Gasteiger partial charge is 0.211 e. The quantitative estimate of drug-likeness (QED) is 0.268. The summed E-state index contributed by atoms with van der Waals surface area (Å²) in [4.78, 5) is 32.4. The highest BCUT2D eigenvalue weighted by Crippen LogP contribution is 2.34. The molecule has 0 aromatic heterocycles. The second kappa shape index (κ2) is 12.4. The van der Waals surface area contributed by atoms with Crippen LogP contribution in [0.1, 0.15) is 37.8 Å². The lowest BCUT2D eigenvalue weighted by Gasteiger charge is -2.15. The van der Waals surface area contributed by atoms with Gasteiger partial charge in [0.1, 0.15) is 12.6 Å². The van der Waals surface area contributed by atoms with Crippen molar-refractivity contribution in [2.75, 3.05) is 13.2 Å². The van der Waals surface area contributed by atoms with Gasteiger partial charge in [-0.1, -0.05) is 38.1 Å². The molecule has 0 unspecified atom stereocenters. The van der Waals surface area contributed by atoms with Crippen molar-refractivity contribution < 1.29 is 33.9 Å². The van der Waals surface area contributed by atoms with Crippen LogP contribution in [0.25, 0.3) is 0 Å². The maximum absolute atomic E-state index is 10.9. The van der Waals surface area contributed by atoms with Crippen LogP contribution in [0.15, 0.2) is 36.4 Å². The van der Waals surface area contributed by atoms with E-state index in [1.807, 2.05) is 13.8 Å². The Morgan fingerprint density at radius 1 is 0.724 bits per heavy atom. The van der Waals surface area contributed by atoms with E-state index in [0.29, 0.717) is 35.8 Å². The van der Waals surface area contributed by atoms with Crippen molar-refractivity contribution in [3.8, 4) is 23.0 Å². The molecule has 0 amide bonds. The van der Waals surface area contributed by atoms with E-state index in [0.717, 1.165) is 25.4 Å². The van der Waals surface area contributed by atoms with Gasteiger partial charge in [0, 0.05) is 29.0 Å². The topological polar surface area (TPSA) is 80.3 Å². The fourth-order valence-corrected chi connectivity index (χ4v) is 2.58. The van der Waals surface area contributed by atoms with Crippen LogP contribution in [0.5, 0.6) is 23.0 Å². The molecule has 2 aromatic carbocycles. The maximum Gasteiger partial charge on any atom is 0.211 e. The Morgan fingerprint density at radius 2 is 1.17 bits per heavy atom. The van der Waals surface area contributed by atoms with Gasteiger partial charge in [-0.15, -0.1) is 0 Å². The Morgan fingerprint density at radius 3 is 1.55 bits per heavy atom. The van der Waals surface area contributed by atoms with Crippen molar-refractivity contribution in [1.82, 2.24) is 0 Å². The summed E-state index contributed by atoms with van der Waals surface area (Å²) >= 11 is 0. The minimum atomic E-state index is 0.194. The molecule has 0 radical (unpaired) electrons. The molecule has 156 valence electrons. The Bertz CT molecular complexity index is 723. The lowest BCUT2D eigenvalue weighted by molar-refractivity contribution is -0.411. The van der Waals surface area contributed by atoms with E-state index in [1.165, 1.54) is 0 Å². The van der Waals surface area contributed by atoms with Crippen LogP contribution in [0, 0.1) is 0 Å². The lowest BCUT2D eigenvalue weighted by Crippen LogP contribution is -2.08. The molecule has 2 rings (SSSR count). The zero-order valence-electron chi connectivity index (χ0n) is 16.7. The van der Waals surface area contributed by atoms with Crippen LogP contribution >= 0.6 is 0 Å². The molecule has 29 heavy (non-hydrogen) atoms. The van der Waals surface area contributed by atoms with Crippen molar-refractivity contribution in [2.45, 2.75) is 39.5 Å². The van der Waals surface area contributed by atoms with Crippen LogP contribution in [-0.4, -0.2) is 25.8 Å².